The topological polar surface area (TPSA) is 72.3 Å². The zero-order valence-electron chi connectivity index (χ0n) is 9.58. The fourth-order valence-electron chi connectivity index (χ4n) is 2.01. The van der Waals surface area contributed by atoms with Gasteiger partial charge in [0.1, 0.15) is 11.5 Å². The van der Waals surface area contributed by atoms with Gasteiger partial charge in [-0.15, -0.1) is 0 Å². The maximum Gasteiger partial charge on any atom is 0.231 e. The van der Waals surface area contributed by atoms with E-state index in [0.717, 1.165) is 11.0 Å². The van der Waals surface area contributed by atoms with Crippen molar-refractivity contribution in [3.8, 4) is 5.95 Å². The van der Waals surface area contributed by atoms with Crippen molar-refractivity contribution >= 4 is 33.7 Å². The van der Waals surface area contributed by atoms with E-state index in [9.17, 15) is 0 Å². The summed E-state index contributed by atoms with van der Waals surface area (Å²) in [7, 11) is 0. The summed E-state index contributed by atoms with van der Waals surface area (Å²) < 4.78 is 1.61. The Kier molecular flexibility index (Phi) is 2.07. The Morgan fingerprint density at radius 1 is 1.16 bits per heavy atom. The van der Waals surface area contributed by atoms with Gasteiger partial charge in [0.25, 0.3) is 0 Å². The first kappa shape index (κ1) is 10.5. The summed E-state index contributed by atoms with van der Waals surface area (Å²) in [4.78, 5) is 15.8. The van der Waals surface area contributed by atoms with E-state index in [0.29, 0.717) is 22.1 Å². The molecule has 0 atom stereocenters. The second-order valence-corrected chi connectivity index (χ2v) is 4.39. The molecule has 3 heterocycles. The lowest BCUT2D eigenvalue weighted by Crippen LogP contribution is -1.99. The minimum Gasteiger partial charge on any atom is -0.322 e. The second-order valence-electron chi connectivity index (χ2n) is 4.04. The molecule has 0 saturated carbocycles. The summed E-state index contributed by atoms with van der Waals surface area (Å²) in [6.45, 7) is 0. The SMILES string of the molecule is Clc1ncnc2c1cnn2-c1nc2ccccc2[nH]1. The Hall–Kier alpha value is -2.47. The second kappa shape index (κ2) is 3.76. The van der Waals surface area contributed by atoms with Crippen molar-refractivity contribution in [2.75, 3.05) is 0 Å². The van der Waals surface area contributed by atoms with Gasteiger partial charge in [0.15, 0.2) is 5.65 Å². The van der Waals surface area contributed by atoms with Gasteiger partial charge in [-0.1, -0.05) is 23.7 Å². The van der Waals surface area contributed by atoms with Crippen LogP contribution in [-0.2, 0) is 0 Å². The Morgan fingerprint density at radius 3 is 2.95 bits per heavy atom. The maximum absolute atomic E-state index is 6.00. The zero-order chi connectivity index (χ0) is 12.8. The molecule has 0 aliphatic carbocycles. The van der Waals surface area contributed by atoms with Crippen LogP contribution in [0.1, 0.15) is 0 Å². The van der Waals surface area contributed by atoms with Crippen LogP contribution in [0.3, 0.4) is 0 Å². The highest BCUT2D eigenvalue weighted by atomic mass is 35.5. The molecule has 0 spiro atoms. The number of rotatable bonds is 1. The first-order chi connectivity index (χ1) is 9.33. The molecule has 3 aromatic heterocycles. The number of H-pyrrole nitrogens is 1. The summed E-state index contributed by atoms with van der Waals surface area (Å²) in [5, 5.41) is 5.34. The van der Waals surface area contributed by atoms with Crippen LogP contribution in [0.5, 0.6) is 0 Å². The summed E-state index contributed by atoms with van der Waals surface area (Å²) in [5.41, 5.74) is 2.45. The normalized spacial score (nSPS) is 11.4. The van der Waals surface area contributed by atoms with E-state index in [-0.39, 0.29) is 0 Å². The van der Waals surface area contributed by atoms with Crippen molar-refractivity contribution in [3.05, 3.63) is 41.9 Å². The van der Waals surface area contributed by atoms with Crippen LogP contribution in [0.25, 0.3) is 28.0 Å². The van der Waals surface area contributed by atoms with Gasteiger partial charge in [0, 0.05) is 0 Å². The molecule has 1 N–H and O–H groups in total. The zero-order valence-corrected chi connectivity index (χ0v) is 10.3. The molecule has 4 aromatic rings. The predicted octanol–water partition coefficient (Wildman–Crippen LogP) is 2.35. The van der Waals surface area contributed by atoms with E-state index in [1.165, 1.54) is 6.33 Å². The maximum atomic E-state index is 6.00. The predicted molar refractivity (Wildman–Crippen MR) is 71.3 cm³/mol. The molecule has 1 aromatic carbocycles. The molecule has 0 aliphatic heterocycles. The van der Waals surface area contributed by atoms with Crippen molar-refractivity contribution < 1.29 is 0 Å². The average Bonchev–Trinajstić information content (AvgIpc) is 3.02. The standard InChI is InChI=1S/C12H7ClN6/c13-10-7-5-16-19(11(7)15-6-14-10)12-17-8-3-1-2-4-9(8)18-12/h1-6H,(H,17,18). The third-order valence-electron chi connectivity index (χ3n) is 2.89. The lowest BCUT2D eigenvalue weighted by Gasteiger charge is -1.97. The highest BCUT2D eigenvalue weighted by Gasteiger charge is 2.12. The van der Waals surface area contributed by atoms with Crippen molar-refractivity contribution in [3.63, 3.8) is 0 Å². The number of nitrogens with one attached hydrogen (secondary N) is 1. The number of aromatic amines is 1. The molecule has 0 aliphatic rings. The molecule has 4 rings (SSSR count). The monoisotopic (exact) mass is 270 g/mol. The fourth-order valence-corrected chi connectivity index (χ4v) is 2.19. The third-order valence-corrected chi connectivity index (χ3v) is 3.20. The summed E-state index contributed by atoms with van der Waals surface area (Å²) in [6, 6.07) is 7.78. The quantitative estimate of drug-likeness (QED) is 0.539. The molecule has 0 fully saturated rings. The first-order valence-corrected chi connectivity index (χ1v) is 6.00. The van der Waals surface area contributed by atoms with Crippen molar-refractivity contribution in [2.24, 2.45) is 0 Å². The van der Waals surface area contributed by atoms with Gasteiger partial charge < -0.3 is 4.98 Å². The minimum atomic E-state index is 0.382. The molecule has 0 bridgehead atoms. The van der Waals surface area contributed by atoms with Crippen LogP contribution in [0.2, 0.25) is 5.15 Å². The summed E-state index contributed by atoms with van der Waals surface area (Å²) in [5.74, 6) is 0.603. The lowest BCUT2D eigenvalue weighted by molar-refractivity contribution is 0.844. The van der Waals surface area contributed by atoms with Crippen LogP contribution in [0.15, 0.2) is 36.8 Å². The smallest absolute Gasteiger partial charge is 0.231 e. The van der Waals surface area contributed by atoms with Crippen LogP contribution in [-0.4, -0.2) is 29.7 Å². The number of halogens is 1. The van der Waals surface area contributed by atoms with Crippen LogP contribution < -0.4 is 0 Å². The number of fused-ring (bicyclic) bond motifs is 2. The number of hydrogen-bond acceptors (Lipinski definition) is 4. The van der Waals surface area contributed by atoms with E-state index in [4.69, 9.17) is 11.6 Å². The molecule has 0 saturated heterocycles. The van der Waals surface area contributed by atoms with E-state index in [2.05, 4.69) is 25.0 Å². The molecule has 6 nitrogen and oxygen atoms in total. The van der Waals surface area contributed by atoms with Crippen molar-refractivity contribution in [1.29, 1.82) is 0 Å². The van der Waals surface area contributed by atoms with Crippen molar-refractivity contribution in [2.45, 2.75) is 0 Å². The van der Waals surface area contributed by atoms with Gasteiger partial charge in [-0.25, -0.2) is 15.0 Å². The van der Waals surface area contributed by atoms with Gasteiger partial charge in [0.2, 0.25) is 5.95 Å². The van der Waals surface area contributed by atoms with E-state index < -0.39 is 0 Å². The minimum absolute atomic E-state index is 0.382. The van der Waals surface area contributed by atoms with Crippen LogP contribution >= 0.6 is 11.6 Å². The molecule has 0 radical (unpaired) electrons. The number of nitrogens with zero attached hydrogens (tertiary/aromatic N) is 5. The molecule has 0 amide bonds. The Labute approximate surface area is 112 Å². The molecule has 0 unspecified atom stereocenters. The third kappa shape index (κ3) is 1.50. The largest absolute Gasteiger partial charge is 0.322 e. The highest BCUT2D eigenvalue weighted by Crippen LogP contribution is 2.21. The molecule has 19 heavy (non-hydrogen) atoms. The average molecular weight is 271 g/mol. The molecular formula is C12H7ClN6. The van der Waals surface area contributed by atoms with Gasteiger partial charge >= 0.3 is 0 Å². The van der Waals surface area contributed by atoms with E-state index >= 15 is 0 Å². The summed E-state index contributed by atoms with van der Waals surface area (Å²) >= 11 is 6.00. The van der Waals surface area contributed by atoms with Crippen LogP contribution in [0.4, 0.5) is 0 Å². The molecule has 7 heteroatoms. The van der Waals surface area contributed by atoms with Gasteiger partial charge in [0.05, 0.1) is 22.6 Å². The van der Waals surface area contributed by atoms with Crippen LogP contribution in [0, 0.1) is 0 Å². The van der Waals surface area contributed by atoms with Crippen molar-refractivity contribution in [1.82, 2.24) is 29.7 Å². The number of imidazole rings is 1. The van der Waals surface area contributed by atoms with Gasteiger partial charge in [-0.3, -0.25) is 0 Å². The molecular weight excluding hydrogens is 264 g/mol. The number of benzene rings is 1. The first-order valence-electron chi connectivity index (χ1n) is 5.62. The van der Waals surface area contributed by atoms with Gasteiger partial charge in [-0.05, 0) is 12.1 Å². The number of hydrogen-bond donors (Lipinski definition) is 1. The Morgan fingerprint density at radius 2 is 2.05 bits per heavy atom. The fraction of sp³-hybridized carbons (Fsp3) is 0. The van der Waals surface area contributed by atoms with E-state index in [1.54, 1.807) is 10.9 Å². The van der Waals surface area contributed by atoms with Gasteiger partial charge in [-0.2, -0.15) is 9.78 Å². The van der Waals surface area contributed by atoms with E-state index in [1.807, 2.05) is 24.3 Å². The lowest BCUT2D eigenvalue weighted by atomic mass is 10.3. The number of aromatic nitrogens is 6. The Balaban J connectivity index is 2.01. The number of para-hydroxylation sites is 2. The molecule has 92 valence electrons. The highest BCUT2D eigenvalue weighted by molar-refractivity contribution is 6.33. The summed E-state index contributed by atoms with van der Waals surface area (Å²) in [6.07, 6.45) is 3.04. The Bertz CT molecular complexity index is 860.